The van der Waals surface area contributed by atoms with Gasteiger partial charge in [0.2, 0.25) is 0 Å². The Morgan fingerprint density at radius 2 is 1.62 bits per heavy atom. The van der Waals surface area contributed by atoms with E-state index in [0.29, 0.717) is 0 Å². The van der Waals surface area contributed by atoms with Gasteiger partial charge < -0.3 is 4.74 Å². The van der Waals surface area contributed by atoms with E-state index in [0.717, 1.165) is 28.8 Å². The molecule has 2 nitrogen and oxygen atoms in total. The molecule has 0 saturated carbocycles. The van der Waals surface area contributed by atoms with Crippen molar-refractivity contribution >= 4 is 17.3 Å². The molecule has 2 aliphatic rings. The maximum Gasteiger partial charge on any atom is 0.349 e. The molecule has 2 aromatic carbocycles. The first-order chi connectivity index (χ1) is 11.8. The van der Waals surface area contributed by atoms with Crippen molar-refractivity contribution in [3.63, 3.8) is 0 Å². The second-order valence-corrected chi connectivity index (χ2v) is 7.51. The summed E-state index contributed by atoms with van der Waals surface area (Å²) in [6.07, 6.45) is 3.10. The molecule has 3 aromatic rings. The molecule has 0 radical (unpaired) electrons. The van der Waals surface area contributed by atoms with Crippen molar-refractivity contribution in [1.82, 2.24) is 0 Å². The van der Waals surface area contributed by atoms with E-state index in [1.807, 2.05) is 30.3 Å². The van der Waals surface area contributed by atoms with Gasteiger partial charge in [0, 0.05) is 16.0 Å². The molecule has 0 saturated heterocycles. The highest BCUT2D eigenvalue weighted by Gasteiger charge is 2.32. The third kappa shape index (κ3) is 2.05. The van der Waals surface area contributed by atoms with Crippen molar-refractivity contribution in [1.29, 1.82) is 0 Å². The summed E-state index contributed by atoms with van der Waals surface area (Å²) in [5.41, 5.74) is 5.82. The van der Waals surface area contributed by atoms with Gasteiger partial charge in [-0.2, -0.15) is 0 Å². The molecule has 2 aliphatic carbocycles. The van der Waals surface area contributed by atoms with E-state index in [1.165, 1.54) is 28.0 Å². The minimum atomic E-state index is -0.304. The van der Waals surface area contributed by atoms with Gasteiger partial charge in [-0.15, -0.1) is 11.3 Å². The Morgan fingerprint density at radius 1 is 0.958 bits per heavy atom. The number of thiophene rings is 1. The van der Waals surface area contributed by atoms with Crippen LogP contribution < -0.4 is 0 Å². The zero-order valence-corrected chi connectivity index (χ0v) is 13.9. The number of fused-ring (bicyclic) bond motifs is 4. The van der Waals surface area contributed by atoms with Crippen LogP contribution in [0.3, 0.4) is 0 Å². The lowest BCUT2D eigenvalue weighted by Crippen LogP contribution is -2.09. The van der Waals surface area contributed by atoms with Gasteiger partial charge in [0.1, 0.15) is 4.88 Å². The van der Waals surface area contributed by atoms with Crippen LogP contribution in [0.4, 0.5) is 0 Å². The molecule has 0 spiro atoms. The average Bonchev–Trinajstić information content (AvgIpc) is 3.28. The van der Waals surface area contributed by atoms with Gasteiger partial charge in [-0.25, -0.2) is 4.79 Å². The zero-order chi connectivity index (χ0) is 16.1. The summed E-state index contributed by atoms with van der Waals surface area (Å²) in [7, 11) is 0. The summed E-state index contributed by atoms with van der Waals surface area (Å²) in [4.78, 5) is 14.8. The van der Waals surface area contributed by atoms with E-state index in [4.69, 9.17) is 4.74 Å². The number of hydrogen-bond acceptors (Lipinski definition) is 3. The number of carbonyl (C=O) groups is 1. The van der Waals surface area contributed by atoms with Crippen LogP contribution >= 0.6 is 11.3 Å². The van der Waals surface area contributed by atoms with E-state index < -0.39 is 0 Å². The lowest BCUT2D eigenvalue weighted by atomic mass is 10.1. The van der Waals surface area contributed by atoms with Crippen molar-refractivity contribution < 1.29 is 9.53 Å². The second kappa shape index (κ2) is 5.32. The third-order valence-corrected chi connectivity index (χ3v) is 6.17. The maximum atomic E-state index is 12.7. The number of esters is 1. The maximum absolute atomic E-state index is 12.7. The molecule has 3 heteroatoms. The summed E-state index contributed by atoms with van der Waals surface area (Å²) in [6.45, 7) is 0. The van der Waals surface area contributed by atoms with Gasteiger partial charge in [0.15, 0.2) is 6.10 Å². The van der Waals surface area contributed by atoms with Gasteiger partial charge in [-0.1, -0.05) is 48.5 Å². The van der Waals surface area contributed by atoms with Crippen molar-refractivity contribution in [2.24, 2.45) is 0 Å². The SMILES string of the molecule is O=C(OC1c2ccccc2-c2ccccc21)c1cc2c(s1)CCC2. The van der Waals surface area contributed by atoms with Crippen LogP contribution in [0.1, 0.15) is 43.8 Å². The number of aryl methyl sites for hydroxylation is 2. The number of hydrogen-bond donors (Lipinski definition) is 0. The minimum Gasteiger partial charge on any atom is -0.448 e. The fraction of sp³-hybridized carbons (Fsp3) is 0.190. The predicted octanol–water partition coefficient (Wildman–Crippen LogP) is 5.16. The molecule has 0 amide bonds. The molecular weight excluding hydrogens is 316 g/mol. The van der Waals surface area contributed by atoms with E-state index in [-0.39, 0.29) is 12.1 Å². The van der Waals surface area contributed by atoms with Gasteiger partial charge in [-0.3, -0.25) is 0 Å². The number of carbonyl (C=O) groups excluding carboxylic acids is 1. The molecule has 1 aromatic heterocycles. The molecule has 118 valence electrons. The summed E-state index contributed by atoms with van der Waals surface area (Å²) in [5, 5.41) is 0. The molecule has 0 aliphatic heterocycles. The average molecular weight is 332 g/mol. The first kappa shape index (κ1) is 14.0. The summed E-state index contributed by atoms with van der Waals surface area (Å²) in [6, 6.07) is 18.4. The van der Waals surface area contributed by atoms with Crippen molar-refractivity contribution in [3.05, 3.63) is 81.0 Å². The largest absolute Gasteiger partial charge is 0.448 e. The fourth-order valence-electron chi connectivity index (χ4n) is 3.83. The molecule has 5 rings (SSSR count). The Hall–Kier alpha value is -2.39. The normalized spacial score (nSPS) is 15.0. The van der Waals surface area contributed by atoms with Crippen molar-refractivity contribution in [2.75, 3.05) is 0 Å². The molecule has 1 heterocycles. The van der Waals surface area contributed by atoms with E-state index in [2.05, 4.69) is 24.3 Å². The molecule has 24 heavy (non-hydrogen) atoms. The Kier molecular flexibility index (Phi) is 3.10. The topological polar surface area (TPSA) is 26.3 Å². The molecule has 0 N–H and O–H groups in total. The lowest BCUT2D eigenvalue weighted by Gasteiger charge is -2.14. The van der Waals surface area contributed by atoms with Crippen molar-refractivity contribution in [3.8, 4) is 11.1 Å². The summed E-state index contributed by atoms with van der Waals surface area (Å²) < 4.78 is 5.96. The Bertz CT molecular complexity index is 887. The van der Waals surface area contributed by atoms with Crippen LogP contribution in [-0.2, 0) is 17.6 Å². The lowest BCUT2D eigenvalue weighted by molar-refractivity contribution is 0.0391. The summed E-state index contributed by atoms with van der Waals surface area (Å²) in [5.74, 6) is -0.203. The van der Waals surface area contributed by atoms with Crippen LogP contribution in [0.25, 0.3) is 11.1 Å². The van der Waals surface area contributed by atoms with Crippen LogP contribution in [0, 0.1) is 0 Å². The second-order valence-electron chi connectivity index (χ2n) is 6.37. The molecule has 0 atom stereocenters. The van der Waals surface area contributed by atoms with Gasteiger partial charge in [-0.05, 0) is 42.0 Å². The highest BCUT2D eigenvalue weighted by molar-refractivity contribution is 7.14. The summed E-state index contributed by atoms with van der Waals surface area (Å²) >= 11 is 1.60. The van der Waals surface area contributed by atoms with E-state index >= 15 is 0 Å². The monoisotopic (exact) mass is 332 g/mol. The van der Waals surface area contributed by atoms with Crippen molar-refractivity contribution in [2.45, 2.75) is 25.4 Å². The Morgan fingerprint density at radius 3 is 2.29 bits per heavy atom. The van der Waals surface area contributed by atoms with Crippen LogP contribution in [0.2, 0.25) is 0 Å². The zero-order valence-electron chi connectivity index (χ0n) is 13.1. The molecule has 0 fully saturated rings. The first-order valence-corrected chi connectivity index (χ1v) is 9.14. The minimum absolute atomic E-state index is 0.203. The molecule has 0 unspecified atom stereocenters. The van der Waals surface area contributed by atoms with Gasteiger partial charge >= 0.3 is 5.97 Å². The smallest absolute Gasteiger partial charge is 0.349 e. The Labute approximate surface area is 144 Å². The quantitative estimate of drug-likeness (QED) is 0.606. The van der Waals surface area contributed by atoms with Gasteiger partial charge in [0.25, 0.3) is 0 Å². The highest BCUT2D eigenvalue weighted by Crippen LogP contribution is 2.45. The van der Waals surface area contributed by atoms with Crippen LogP contribution in [0.15, 0.2) is 54.6 Å². The Balaban J connectivity index is 1.51. The first-order valence-electron chi connectivity index (χ1n) is 8.32. The number of ether oxygens (including phenoxy) is 1. The van der Waals surface area contributed by atoms with E-state index in [9.17, 15) is 4.79 Å². The van der Waals surface area contributed by atoms with Gasteiger partial charge in [0.05, 0.1) is 0 Å². The third-order valence-electron chi connectivity index (χ3n) is 4.95. The highest BCUT2D eigenvalue weighted by atomic mass is 32.1. The fourth-order valence-corrected chi connectivity index (χ4v) is 4.97. The number of rotatable bonds is 2. The van der Waals surface area contributed by atoms with Crippen LogP contribution in [-0.4, -0.2) is 5.97 Å². The molecular formula is C21H16O2S. The number of benzene rings is 2. The predicted molar refractivity (Wildman–Crippen MR) is 95.5 cm³/mol. The van der Waals surface area contributed by atoms with E-state index in [1.54, 1.807) is 11.3 Å². The standard InChI is InChI=1S/C21H16O2S/c22-21(19-12-13-6-5-11-18(13)24-19)23-20-16-9-3-1-7-14(16)15-8-2-4-10-17(15)20/h1-4,7-10,12,20H,5-6,11H2. The molecule has 0 bridgehead atoms. The van der Waals surface area contributed by atoms with Crippen LogP contribution in [0.5, 0.6) is 0 Å².